The quantitative estimate of drug-likeness (QED) is 0.850. The van der Waals surface area contributed by atoms with E-state index in [1.54, 1.807) is 4.90 Å². The topological polar surface area (TPSA) is 49.3 Å². The van der Waals surface area contributed by atoms with E-state index in [1.165, 1.54) is 29.7 Å². The molecule has 0 radical (unpaired) electrons. The Morgan fingerprint density at radius 1 is 1.35 bits per heavy atom. The molecule has 1 aromatic heterocycles. The van der Waals surface area contributed by atoms with Gasteiger partial charge in [0.05, 0.1) is 10.6 Å². The van der Waals surface area contributed by atoms with Crippen LogP contribution in [0.3, 0.4) is 0 Å². The Hall–Kier alpha value is -1.73. The van der Waals surface area contributed by atoms with E-state index >= 15 is 0 Å². The van der Waals surface area contributed by atoms with Crippen molar-refractivity contribution in [2.75, 3.05) is 31.1 Å². The summed E-state index contributed by atoms with van der Waals surface area (Å²) in [4.78, 5) is 20.8. The fourth-order valence-electron chi connectivity index (χ4n) is 2.45. The lowest BCUT2D eigenvalue weighted by Gasteiger charge is -2.34. The van der Waals surface area contributed by atoms with Crippen LogP contribution in [0.25, 0.3) is 0 Å². The van der Waals surface area contributed by atoms with E-state index in [0.29, 0.717) is 31.7 Å². The molecule has 122 valence electrons. The van der Waals surface area contributed by atoms with Gasteiger partial charge in [0.1, 0.15) is 11.6 Å². The van der Waals surface area contributed by atoms with Crippen LogP contribution in [0.1, 0.15) is 23.1 Å². The first-order valence-electron chi connectivity index (χ1n) is 7.40. The molecule has 1 aliphatic rings. The molecule has 1 fully saturated rings. The Morgan fingerprint density at radius 3 is 2.70 bits per heavy atom. The monoisotopic (exact) mass is 354 g/mol. The molecule has 0 spiro atoms. The third kappa shape index (κ3) is 3.45. The fourth-order valence-corrected chi connectivity index (χ4v) is 3.50. The van der Waals surface area contributed by atoms with Gasteiger partial charge >= 0.3 is 0 Å². The van der Waals surface area contributed by atoms with E-state index in [2.05, 4.69) is 14.3 Å². The maximum atomic E-state index is 13.1. The van der Waals surface area contributed by atoms with Crippen molar-refractivity contribution in [3.8, 4) is 0 Å². The molecule has 3 rings (SSSR count). The van der Waals surface area contributed by atoms with Crippen LogP contribution in [0.2, 0.25) is 5.02 Å². The van der Waals surface area contributed by atoms with Gasteiger partial charge in [-0.1, -0.05) is 18.5 Å². The van der Waals surface area contributed by atoms with Gasteiger partial charge in [0.2, 0.25) is 5.13 Å². The summed E-state index contributed by atoms with van der Waals surface area (Å²) < 4.78 is 17.4. The van der Waals surface area contributed by atoms with Crippen LogP contribution in [-0.4, -0.2) is 46.3 Å². The predicted molar refractivity (Wildman–Crippen MR) is 88.8 cm³/mol. The normalized spacial score (nSPS) is 15.1. The molecular formula is C15H16ClFN4OS. The number of carbonyl (C=O) groups excluding carboxylic acids is 1. The maximum absolute atomic E-state index is 13.1. The summed E-state index contributed by atoms with van der Waals surface area (Å²) >= 11 is 7.36. The second-order valence-corrected chi connectivity index (χ2v) is 6.39. The van der Waals surface area contributed by atoms with Crippen LogP contribution < -0.4 is 4.90 Å². The largest absolute Gasteiger partial charge is 0.343 e. The maximum Gasteiger partial charge on any atom is 0.255 e. The number of piperazine rings is 1. The number of benzene rings is 1. The van der Waals surface area contributed by atoms with Crippen molar-refractivity contribution < 1.29 is 9.18 Å². The van der Waals surface area contributed by atoms with Gasteiger partial charge in [-0.05, 0) is 18.2 Å². The third-order valence-electron chi connectivity index (χ3n) is 3.77. The lowest BCUT2D eigenvalue weighted by molar-refractivity contribution is 0.0747. The Balaban J connectivity index is 1.65. The van der Waals surface area contributed by atoms with Crippen molar-refractivity contribution in [2.45, 2.75) is 13.3 Å². The minimum atomic E-state index is -0.445. The van der Waals surface area contributed by atoms with Gasteiger partial charge in [0, 0.05) is 44.1 Å². The predicted octanol–water partition coefficient (Wildman–Crippen LogP) is 2.86. The third-order valence-corrected chi connectivity index (χ3v) is 4.90. The van der Waals surface area contributed by atoms with Gasteiger partial charge in [-0.25, -0.2) is 9.37 Å². The fraction of sp³-hybridized carbons (Fsp3) is 0.400. The molecule has 5 nitrogen and oxygen atoms in total. The summed E-state index contributed by atoms with van der Waals surface area (Å²) in [5, 5.41) is 1.04. The number of rotatable bonds is 3. The van der Waals surface area contributed by atoms with Crippen molar-refractivity contribution in [3.63, 3.8) is 0 Å². The molecule has 2 aromatic rings. The van der Waals surface area contributed by atoms with E-state index in [4.69, 9.17) is 11.6 Å². The van der Waals surface area contributed by atoms with Gasteiger partial charge in [-0.2, -0.15) is 4.37 Å². The average molecular weight is 355 g/mol. The Labute approximate surface area is 142 Å². The highest BCUT2D eigenvalue weighted by atomic mass is 35.5. The standard InChI is InChI=1S/C15H16ClFN4OS/c1-2-13-18-15(23-19-13)21-7-5-20(6-8-21)14(22)11-4-3-10(17)9-12(11)16/h3-4,9H,2,5-8H2,1H3. The molecule has 23 heavy (non-hydrogen) atoms. The van der Waals surface area contributed by atoms with Gasteiger partial charge in [0.15, 0.2) is 0 Å². The molecule has 1 saturated heterocycles. The second-order valence-electron chi connectivity index (χ2n) is 5.25. The van der Waals surface area contributed by atoms with Gasteiger partial charge in [-0.3, -0.25) is 4.79 Å². The minimum Gasteiger partial charge on any atom is -0.343 e. The zero-order valence-electron chi connectivity index (χ0n) is 12.6. The summed E-state index contributed by atoms with van der Waals surface area (Å²) in [6.45, 7) is 4.57. The number of anilines is 1. The molecule has 8 heteroatoms. The van der Waals surface area contributed by atoms with Crippen LogP contribution in [0.5, 0.6) is 0 Å². The molecule has 0 saturated carbocycles. The highest BCUT2D eigenvalue weighted by Gasteiger charge is 2.25. The van der Waals surface area contributed by atoms with Crippen LogP contribution in [0, 0.1) is 5.82 Å². The number of carbonyl (C=O) groups is 1. The molecule has 0 unspecified atom stereocenters. The number of hydrogen-bond acceptors (Lipinski definition) is 5. The SMILES string of the molecule is CCc1nsc(N2CCN(C(=O)c3ccc(F)cc3Cl)CC2)n1. The van der Waals surface area contributed by atoms with Crippen molar-refractivity contribution in [1.82, 2.24) is 14.3 Å². The molecule has 0 bridgehead atoms. The molecule has 0 N–H and O–H groups in total. The highest BCUT2D eigenvalue weighted by Crippen LogP contribution is 2.22. The zero-order valence-corrected chi connectivity index (χ0v) is 14.2. The van der Waals surface area contributed by atoms with Crippen LogP contribution >= 0.6 is 23.1 Å². The minimum absolute atomic E-state index is 0.147. The van der Waals surface area contributed by atoms with Crippen molar-refractivity contribution in [3.05, 3.63) is 40.4 Å². The van der Waals surface area contributed by atoms with E-state index in [0.717, 1.165) is 17.4 Å². The van der Waals surface area contributed by atoms with Crippen molar-refractivity contribution >= 4 is 34.2 Å². The lowest BCUT2D eigenvalue weighted by atomic mass is 10.1. The Kier molecular flexibility index (Phi) is 4.77. The average Bonchev–Trinajstić information content (AvgIpc) is 3.03. The summed E-state index contributed by atoms with van der Waals surface area (Å²) in [6, 6.07) is 3.85. The van der Waals surface area contributed by atoms with Gasteiger partial charge < -0.3 is 9.80 Å². The summed E-state index contributed by atoms with van der Waals surface area (Å²) in [5.74, 6) is 0.238. The first-order chi connectivity index (χ1) is 11.1. The number of amides is 1. The van der Waals surface area contributed by atoms with Crippen LogP contribution in [0.15, 0.2) is 18.2 Å². The summed E-state index contributed by atoms with van der Waals surface area (Å²) in [6.07, 6.45) is 0.817. The number of aromatic nitrogens is 2. The first kappa shape index (κ1) is 16.1. The number of hydrogen-bond donors (Lipinski definition) is 0. The van der Waals surface area contributed by atoms with Crippen molar-refractivity contribution in [2.24, 2.45) is 0 Å². The van der Waals surface area contributed by atoms with E-state index in [9.17, 15) is 9.18 Å². The second kappa shape index (κ2) is 6.80. The van der Waals surface area contributed by atoms with Gasteiger partial charge in [0.25, 0.3) is 5.91 Å². The molecule has 1 aliphatic heterocycles. The van der Waals surface area contributed by atoms with E-state index in [-0.39, 0.29) is 10.9 Å². The number of halogens is 2. The van der Waals surface area contributed by atoms with E-state index in [1.807, 2.05) is 6.92 Å². The van der Waals surface area contributed by atoms with Crippen LogP contribution in [-0.2, 0) is 6.42 Å². The first-order valence-corrected chi connectivity index (χ1v) is 8.55. The van der Waals surface area contributed by atoms with Gasteiger partial charge in [-0.15, -0.1) is 0 Å². The van der Waals surface area contributed by atoms with Crippen molar-refractivity contribution in [1.29, 1.82) is 0 Å². The molecule has 1 amide bonds. The molecular weight excluding hydrogens is 339 g/mol. The number of aryl methyl sites for hydroxylation is 1. The summed E-state index contributed by atoms with van der Waals surface area (Å²) in [5.41, 5.74) is 0.339. The zero-order chi connectivity index (χ0) is 16.4. The molecule has 2 heterocycles. The van der Waals surface area contributed by atoms with Crippen LogP contribution in [0.4, 0.5) is 9.52 Å². The lowest BCUT2D eigenvalue weighted by Crippen LogP contribution is -2.48. The number of nitrogens with zero attached hydrogens (tertiary/aromatic N) is 4. The molecule has 0 atom stereocenters. The molecule has 0 aliphatic carbocycles. The Bertz CT molecular complexity index is 715. The summed E-state index contributed by atoms with van der Waals surface area (Å²) in [7, 11) is 0. The molecule has 1 aromatic carbocycles. The van der Waals surface area contributed by atoms with E-state index < -0.39 is 5.82 Å². The smallest absolute Gasteiger partial charge is 0.255 e. The highest BCUT2D eigenvalue weighted by molar-refractivity contribution is 7.09. The Morgan fingerprint density at radius 2 is 2.09 bits per heavy atom.